The predicted molar refractivity (Wildman–Crippen MR) is 194 cm³/mol. The number of esters is 2. The number of hydrogen-bond acceptors (Lipinski definition) is 6. The Bertz CT molecular complexity index is 2180. The predicted octanol–water partition coefficient (Wildman–Crippen LogP) is 3.95. The monoisotopic (exact) mass is 664 g/mol. The first-order valence-corrected chi connectivity index (χ1v) is 17.2. The average Bonchev–Trinajstić information content (AvgIpc) is 3.80. The molecule has 3 aromatic heterocycles. The summed E-state index contributed by atoms with van der Waals surface area (Å²) in [7, 11) is 1.34. The molecule has 8 bridgehead atoms. The molecule has 6 rings (SSSR count). The molecule has 9 heteroatoms. The second-order valence-corrected chi connectivity index (χ2v) is 13.8. The molecular weight excluding hydrogens is 616 g/mol. The van der Waals surface area contributed by atoms with E-state index < -0.39 is 11.9 Å². The maximum absolute atomic E-state index is 13.5. The van der Waals surface area contributed by atoms with Gasteiger partial charge < -0.3 is 34.8 Å². The van der Waals surface area contributed by atoms with Gasteiger partial charge in [0.1, 0.15) is 18.3 Å². The van der Waals surface area contributed by atoms with Crippen LogP contribution in [-0.4, -0.2) is 51.8 Å². The smallest absolute Gasteiger partial charge is 0.320 e. The Labute approximate surface area is 286 Å². The second kappa shape index (κ2) is 13.2. The van der Waals surface area contributed by atoms with Crippen molar-refractivity contribution < 1.29 is 24.2 Å². The molecule has 0 spiro atoms. The summed E-state index contributed by atoms with van der Waals surface area (Å²) in [6, 6.07) is -0.385. The van der Waals surface area contributed by atoms with E-state index in [1.54, 1.807) is 0 Å². The maximum Gasteiger partial charge on any atom is 0.320 e. The second-order valence-electron chi connectivity index (χ2n) is 13.8. The van der Waals surface area contributed by atoms with Crippen molar-refractivity contribution in [2.75, 3.05) is 13.7 Å². The first-order valence-electron chi connectivity index (χ1n) is 17.2. The van der Waals surface area contributed by atoms with E-state index in [1.165, 1.54) is 18.2 Å². The molecule has 1 unspecified atom stereocenters. The summed E-state index contributed by atoms with van der Waals surface area (Å²) in [6.07, 6.45) is 11.7. The highest BCUT2D eigenvalue weighted by molar-refractivity contribution is 5.95. The SMILES string of the molecule is C=Cc1c2[nH]c(c1C)/C=C1\NC(C3=c4[nH]c(c(C)c4=C(O)[C@@H]3C(=O)OC)/C=c3\[nH]/c(c(C)c3CC)=C\2)[C@@H](CCC(=O)OCC=C(C)C)[C@@H]1C. The third kappa shape index (κ3) is 5.79. The maximum atomic E-state index is 13.5. The van der Waals surface area contributed by atoms with E-state index in [-0.39, 0.29) is 42.6 Å². The lowest BCUT2D eigenvalue weighted by Crippen LogP contribution is -2.38. The van der Waals surface area contributed by atoms with Gasteiger partial charge in [-0.2, -0.15) is 0 Å². The lowest BCUT2D eigenvalue weighted by Gasteiger charge is -2.26. The fourth-order valence-electron chi connectivity index (χ4n) is 7.94. The van der Waals surface area contributed by atoms with Crippen LogP contribution in [0.3, 0.4) is 0 Å². The number of carbonyl (C=O) groups is 2. The van der Waals surface area contributed by atoms with Gasteiger partial charge in [-0.1, -0.05) is 32.1 Å². The van der Waals surface area contributed by atoms with E-state index in [2.05, 4.69) is 72.8 Å². The Morgan fingerprint density at radius 1 is 0.980 bits per heavy atom. The number of aromatic amines is 3. The summed E-state index contributed by atoms with van der Waals surface area (Å²) in [6.45, 7) is 18.8. The molecule has 5 heterocycles. The van der Waals surface area contributed by atoms with Crippen LogP contribution < -0.4 is 26.6 Å². The lowest BCUT2D eigenvalue weighted by atomic mass is 9.80. The van der Waals surface area contributed by atoms with Gasteiger partial charge in [0.25, 0.3) is 0 Å². The van der Waals surface area contributed by atoms with E-state index >= 15 is 0 Å². The fourth-order valence-corrected chi connectivity index (χ4v) is 7.94. The van der Waals surface area contributed by atoms with Gasteiger partial charge in [-0.3, -0.25) is 9.59 Å². The number of hydrogen-bond donors (Lipinski definition) is 5. The Morgan fingerprint density at radius 3 is 2.37 bits per heavy atom. The number of H-pyrrole nitrogens is 3. The summed E-state index contributed by atoms with van der Waals surface area (Å²) in [5.74, 6) is -1.93. The molecule has 0 aromatic carbocycles. The Kier molecular flexibility index (Phi) is 9.13. The van der Waals surface area contributed by atoms with E-state index in [4.69, 9.17) is 9.47 Å². The number of nitrogens with one attached hydrogen (secondary N) is 4. The number of methoxy groups -OCH3 is 1. The molecule has 1 fully saturated rings. The van der Waals surface area contributed by atoms with Crippen LogP contribution >= 0.6 is 0 Å². The van der Waals surface area contributed by atoms with Crippen molar-refractivity contribution in [3.8, 4) is 0 Å². The van der Waals surface area contributed by atoms with Crippen molar-refractivity contribution in [2.45, 2.75) is 73.8 Å². The summed E-state index contributed by atoms with van der Waals surface area (Å²) in [5.41, 5.74) is 10.8. The standard InChI is InChI=1S/C40H48N4O5/c1-10-24-20(5)27-16-29-22(7)26(12-13-33(45)49-15-14-19(3)4)37(43-29)35-36(40(47)48-9)39(46)34-23(8)30(44-38(34)35)18-32-25(11-2)21(6)28(42-32)17-31(24)41-27/h10,14,16-18,22,26,36-37,41-44,46H,1,11-13,15H2,2-9H3/b28-17-,29-16-,32-18-/t22-,26-,36+,37?/m0/s1. The number of ether oxygens (including phenoxy) is 2. The minimum Gasteiger partial charge on any atom is -0.510 e. The molecule has 1 saturated heterocycles. The van der Waals surface area contributed by atoms with Crippen LogP contribution in [0.1, 0.15) is 85.4 Å². The van der Waals surface area contributed by atoms with Crippen molar-refractivity contribution in [2.24, 2.45) is 17.8 Å². The van der Waals surface area contributed by atoms with Crippen molar-refractivity contribution in [3.05, 3.63) is 90.1 Å². The number of carbonyl (C=O) groups excluding carboxylic acids is 2. The lowest BCUT2D eigenvalue weighted by molar-refractivity contribution is -0.143. The molecule has 3 aromatic rings. The number of aliphatic hydroxyl groups is 1. The molecule has 1 aliphatic carbocycles. The summed E-state index contributed by atoms with van der Waals surface area (Å²) in [4.78, 5) is 37.3. The quantitative estimate of drug-likeness (QED) is 0.183. The van der Waals surface area contributed by atoms with Crippen molar-refractivity contribution in [1.29, 1.82) is 0 Å². The van der Waals surface area contributed by atoms with Crippen LogP contribution in [0.5, 0.6) is 0 Å². The molecule has 4 atom stereocenters. The van der Waals surface area contributed by atoms with E-state index in [0.717, 1.165) is 67.7 Å². The Hall–Kier alpha value is -4.92. The highest BCUT2D eigenvalue weighted by Gasteiger charge is 2.47. The minimum absolute atomic E-state index is 0.0208. The van der Waals surface area contributed by atoms with Crippen molar-refractivity contribution in [1.82, 2.24) is 20.3 Å². The van der Waals surface area contributed by atoms with E-state index in [0.29, 0.717) is 17.0 Å². The number of aromatic nitrogens is 3. The third-order valence-corrected chi connectivity index (χ3v) is 10.7. The highest BCUT2D eigenvalue weighted by atomic mass is 16.5. The number of aliphatic hydroxyl groups excluding tert-OH is 1. The van der Waals surface area contributed by atoms with Crippen LogP contribution in [0.2, 0.25) is 0 Å². The molecule has 2 aliphatic heterocycles. The van der Waals surface area contributed by atoms with Gasteiger partial charge in [-0.05, 0) is 106 Å². The Morgan fingerprint density at radius 2 is 1.69 bits per heavy atom. The summed E-state index contributed by atoms with van der Waals surface area (Å²) < 4.78 is 10.8. The number of rotatable bonds is 8. The van der Waals surface area contributed by atoms with Gasteiger partial charge >= 0.3 is 11.9 Å². The van der Waals surface area contributed by atoms with Gasteiger partial charge in [-0.15, -0.1) is 0 Å². The largest absolute Gasteiger partial charge is 0.510 e. The Balaban J connectivity index is 1.61. The highest BCUT2D eigenvalue weighted by Crippen LogP contribution is 2.42. The molecule has 258 valence electrons. The fraction of sp³-hybridized carbons (Fsp3) is 0.400. The number of fused-ring (bicyclic) bond motifs is 8. The summed E-state index contributed by atoms with van der Waals surface area (Å²) >= 11 is 0. The molecule has 5 N–H and O–H groups in total. The van der Waals surface area contributed by atoms with Gasteiger partial charge in [0, 0.05) is 56.6 Å². The first kappa shape index (κ1) is 34.0. The third-order valence-electron chi connectivity index (χ3n) is 10.7. The van der Waals surface area contributed by atoms with Crippen LogP contribution in [0.25, 0.3) is 35.6 Å². The van der Waals surface area contributed by atoms with Crippen molar-refractivity contribution >= 4 is 47.6 Å². The van der Waals surface area contributed by atoms with Gasteiger partial charge in [0.05, 0.1) is 18.5 Å². The van der Waals surface area contributed by atoms with Gasteiger partial charge in [-0.25, -0.2) is 0 Å². The van der Waals surface area contributed by atoms with Gasteiger partial charge in [0.2, 0.25) is 0 Å². The first-order chi connectivity index (χ1) is 23.4. The zero-order chi connectivity index (χ0) is 35.3. The normalized spacial score (nSPS) is 23.1. The molecule has 3 aliphatic rings. The topological polar surface area (TPSA) is 132 Å². The molecule has 49 heavy (non-hydrogen) atoms. The van der Waals surface area contributed by atoms with Gasteiger partial charge in [0.15, 0.2) is 0 Å². The van der Waals surface area contributed by atoms with E-state index in [9.17, 15) is 14.7 Å². The summed E-state index contributed by atoms with van der Waals surface area (Å²) in [5, 5.41) is 18.9. The molecule has 0 saturated carbocycles. The zero-order valence-corrected chi connectivity index (χ0v) is 29.8. The molecule has 9 nitrogen and oxygen atoms in total. The number of allylic oxidation sites excluding steroid dienone is 2. The van der Waals surface area contributed by atoms with Crippen LogP contribution in [-0.2, 0) is 25.5 Å². The average molecular weight is 665 g/mol. The molecular formula is C40H48N4O5. The minimum atomic E-state index is -0.986. The van der Waals surface area contributed by atoms with E-state index in [1.807, 2.05) is 32.9 Å². The van der Waals surface area contributed by atoms with Crippen molar-refractivity contribution in [3.63, 3.8) is 0 Å². The van der Waals surface area contributed by atoms with Crippen LogP contribution in [0, 0.1) is 38.5 Å². The zero-order valence-electron chi connectivity index (χ0n) is 29.8. The molecule has 0 radical (unpaired) electrons. The van der Waals surface area contributed by atoms with Crippen LogP contribution in [0.15, 0.2) is 23.9 Å². The van der Waals surface area contributed by atoms with Crippen LogP contribution in [0.4, 0.5) is 0 Å². The molecule has 0 amide bonds.